The number of aryl methyl sites for hydroxylation is 1. The maximum atomic E-state index is 13.5. The Balaban J connectivity index is 1.85. The Labute approximate surface area is 202 Å². The van der Waals surface area contributed by atoms with Crippen LogP contribution in [0.5, 0.6) is 0 Å². The Morgan fingerprint density at radius 1 is 1.17 bits per heavy atom. The van der Waals surface area contributed by atoms with Gasteiger partial charge in [-0.2, -0.15) is 18.3 Å². The predicted octanol–water partition coefficient (Wildman–Crippen LogP) is 5.30. The number of carbonyl (C=O) groups is 2. The summed E-state index contributed by atoms with van der Waals surface area (Å²) in [5.41, 5.74) is 3.74. The summed E-state index contributed by atoms with van der Waals surface area (Å²) >= 11 is 0.538. The fourth-order valence-corrected chi connectivity index (χ4v) is 4.52. The van der Waals surface area contributed by atoms with Gasteiger partial charge in [0.15, 0.2) is 0 Å². The van der Waals surface area contributed by atoms with Crippen molar-refractivity contribution in [2.24, 2.45) is 5.73 Å². The molecule has 188 valence electrons. The van der Waals surface area contributed by atoms with E-state index in [1.54, 1.807) is 0 Å². The number of aromatic nitrogens is 3. The molecule has 1 aromatic carbocycles. The molecule has 0 aliphatic carbocycles. The molecule has 0 saturated heterocycles. The maximum absolute atomic E-state index is 13.5. The molecule has 36 heavy (non-hydrogen) atoms. The normalized spacial score (nSPS) is 11.9. The van der Waals surface area contributed by atoms with Gasteiger partial charge in [0.1, 0.15) is 33.5 Å². The molecule has 14 heteroatoms. The topological polar surface area (TPSA) is 103 Å². The summed E-state index contributed by atoms with van der Waals surface area (Å²) in [6, 6.07) is 6.36. The van der Waals surface area contributed by atoms with Crippen molar-refractivity contribution in [1.29, 1.82) is 0 Å². The fraction of sp³-hybridized carbons (Fsp3) is 0.182. The van der Waals surface area contributed by atoms with E-state index in [4.69, 9.17) is 5.73 Å². The lowest BCUT2D eigenvalue weighted by Crippen LogP contribution is -2.22. The molecule has 0 aliphatic rings. The number of primary amides is 1. The van der Waals surface area contributed by atoms with Crippen molar-refractivity contribution in [3.63, 3.8) is 0 Å². The van der Waals surface area contributed by atoms with Crippen molar-refractivity contribution in [3.8, 4) is 11.1 Å². The number of carbonyl (C=O) groups excluding carboxylic acids is 2. The molecular formula is C22H15F6N5O2S. The molecule has 3 aromatic heterocycles. The van der Waals surface area contributed by atoms with Crippen molar-refractivity contribution in [2.75, 3.05) is 5.32 Å². The number of nitrogens with zero attached hydrogens (tertiary/aromatic N) is 3. The molecular weight excluding hydrogens is 512 g/mol. The molecule has 0 unspecified atom stereocenters. The van der Waals surface area contributed by atoms with Crippen LogP contribution in [0, 0.1) is 12.7 Å². The Kier molecular flexibility index (Phi) is 6.47. The van der Waals surface area contributed by atoms with Gasteiger partial charge in [-0.15, -0.1) is 11.3 Å². The molecule has 3 N–H and O–H groups in total. The van der Waals surface area contributed by atoms with Gasteiger partial charge in [-0.05, 0) is 42.3 Å². The SMILES string of the molecule is Cc1cc(C(F)F)nn1CC(=O)Nc1c(C(N)=O)sc2nc(C(F)(F)F)cc(-c3ccc(F)cc3)c12. The first kappa shape index (κ1) is 25.2. The van der Waals surface area contributed by atoms with Gasteiger partial charge >= 0.3 is 6.18 Å². The van der Waals surface area contributed by atoms with Gasteiger partial charge in [0, 0.05) is 11.1 Å². The third kappa shape index (κ3) is 4.89. The molecule has 0 spiro atoms. The van der Waals surface area contributed by atoms with Crippen LogP contribution in [0.3, 0.4) is 0 Å². The van der Waals surface area contributed by atoms with Gasteiger partial charge in [-0.1, -0.05) is 12.1 Å². The number of hydrogen-bond acceptors (Lipinski definition) is 5. The average Bonchev–Trinajstić information content (AvgIpc) is 3.34. The van der Waals surface area contributed by atoms with Crippen LogP contribution in [-0.2, 0) is 17.5 Å². The van der Waals surface area contributed by atoms with E-state index in [0.29, 0.717) is 11.3 Å². The number of amides is 2. The Morgan fingerprint density at radius 2 is 1.83 bits per heavy atom. The van der Waals surface area contributed by atoms with E-state index in [1.807, 2.05) is 0 Å². The zero-order chi connectivity index (χ0) is 26.4. The monoisotopic (exact) mass is 527 g/mol. The van der Waals surface area contributed by atoms with Gasteiger partial charge in [0.25, 0.3) is 12.3 Å². The van der Waals surface area contributed by atoms with E-state index >= 15 is 0 Å². The van der Waals surface area contributed by atoms with E-state index in [9.17, 15) is 35.9 Å². The van der Waals surface area contributed by atoms with Crippen molar-refractivity contribution in [1.82, 2.24) is 14.8 Å². The highest BCUT2D eigenvalue weighted by atomic mass is 32.1. The van der Waals surface area contributed by atoms with Crippen LogP contribution in [0.4, 0.5) is 32.0 Å². The maximum Gasteiger partial charge on any atom is 0.433 e. The number of nitrogens with two attached hydrogens (primary N) is 1. The Hall–Kier alpha value is -3.94. The predicted molar refractivity (Wildman–Crippen MR) is 119 cm³/mol. The van der Waals surface area contributed by atoms with Crippen LogP contribution >= 0.6 is 11.3 Å². The highest BCUT2D eigenvalue weighted by Crippen LogP contribution is 2.43. The molecule has 2 amide bonds. The number of fused-ring (bicyclic) bond motifs is 1. The van der Waals surface area contributed by atoms with E-state index in [1.165, 1.54) is 19.1 Å². The third-order valence-electron chi connectivity index (χ3n) is 5.11. The lowest BCUT2D eigenvalue weighted by atomic mass is 10.0. The van der Waals surface area contributed by atoms with Crippen molar-refractivity contribution in [3.05, 3.63) is 64.2 Å². The number of benzene rings is 1. The Bertz CT molecular complexity index is 1480. The summed E-state index contributed by atoms with van der Waals surface area (Å²) in [7, 11) is 0. The molecule has 0 saturated carbocycles. The number of anilines is 1. The zero-order valence-corrected chi connectivity index (χ0v) is 19.0. The van der Waals surface area contributed by atoms with Crippen molar-refractivity contribution < 1.29 is 35.9 Å². The van der Waals surface area contributed by atoms with Crippen LogP contribution in [0.15, 0.2) is 36.4 Å². The smallest absolute Gasteiger partial charge is 0.365 e. The second kappa shape index (κ2) is 9.26. The quantitative estimate of drug-likeness (QED) is 0.332. The zero-order valence-electron chi connectivity index (χ0n) is 18.2. The van der Waals surface area contributed by atoms with E-state index in [0.717, 1.165) is 28.9 Å². The van der Waals surface area contributed by atoms with Crippen LogP contribution in [0.1, 0.15) is 33.2 Å². The second-order valence-corrected chi connectivity index (χ2v) is 8.63. The lowest BCUT2D eigenvalue weighted by Gasteiger charge is -2.13. The van der Waals surface area contributed by atoms with Gasteiger partial charge in [-0.25, -0.2) is 18.2 Å². The standard InChI is InChI=1S/C22H15F6N5O2S/c1-9-6-13(19(24)25)32-33(9)8-15(34)31-17-16-12(10-2-4-11(23)5-3-10)7-14(22(26,27)28)30-21(16)36-18(17)20(29)35/h2-7,19H,8H2,1H3,(H2,29,35)(H,31,34). The van der Waals surface area contributed by atoms with Crippen molar-refractivity contribution in [2.45, 2.75) is 26.1 Å². The molecule has 0 atom stereocenters. The van der Waals surface area contributed by atoms with Crippen LogP contribution in [0.2, 0.25) is 0 Å². The first-order valence-electron chi connectivity index (χ1n) is 10.1. The molecule has 0 fully saturated rings. The van der Waals surface area contributed by atoms with Crippen molar-refractivity contribution >= 4 is 39.1 Å². The second-order valence-electron chi connectivity index (χ2n) is 7.63. The van der Waals surface area contributed by atoms with Crippen LogP contribution in [0.25, 0.3) is 21.3 Å². The average molecular weight is 527 g/mol. The molecule has 4 rings (SSSR count). The van der Waals surface area contributed by atoms with Crippen LogP contribution in [-0.4, -0.2) is 26.6 Å². The summed E-state index contributed by atoms with van der Waals surface area (Å²) in [5.74, 6) is -2.48. The number of halogens is 6. The van der Waals surface area contributed by atoms with Gasteiger partial charge in [0.2, 0.25) is 5.91 Å². The molecule has 3 heterocycles. The largest absolute Gasteiger partial charge is 0.433 e. The first-order chi connectivity index (χ1) is 16.8. The minimum Gasteiger partial charge on any atom is -0.365 e. The molecule has 0 aliphatic heterocycles. The number of alkyl halides is 5. The summed E-state index contributed by atoms with van der Waals surface area (Å²) in [6.07, 6.45) is -7.70. The van der Waals surface area contributed by atoms with Gasteiger partial charge < -0.3 is 11.1 Å². The van der Waals surface area contributed by atoms with Gasteiger partial charge in [0.05, 0.1) is 5.69 Å². The minimum atomic E-state index is -4.84. The fourth-order valence-electron chi connectivity index (χ4n) is 3.51. The van der Waals surface area contributed by atoms with Gasteiger partial charge in [-0.3, -0.25) is 14.3 Å². The summed E-state index contributed by atoms with van der Waals surface area (Å²) < 4.78 is 81.0. The third-order valence-corrected chi connectivity index (χ3v) is 6.21. The highest BCUT2D eigenvalue weighted by molar-refractivity contribution is 7.21. The van der Waals surface area contributed by atoms with E-state index in [2.05, 4.69) is 15.4 Å². The lowest BCUT2D eigenvalue weighted by molar-refractivity contribution is -0.140. The summed E-state index contributed by atoms with van der Waals surface area (Å²) in [5, 5.41) is 6.07. The molecule has 4 aromatic rings. The number of pyridine rings is 1. The van der Waals surface area contributed by atoms with E-state index < -0.39 is 48.2 Å². The number of hydrogen-bond donors (Lipinski definition) is 2. The number of nitrogens with one attached hydrogen (secondary N) is 1. The number of rotatable bonds is 6. The minimum absolute atomic E-state index is 0.0211. The highest BCUT2D eigenvalue weighted by Gasteiger charge is 2.35. The Morgan fingerprint density at radius 3 is 2.39 bits per heavy atom. The summed E-state index contributed by atoms with van der Waals surface area (Å²) in [4.78, 5) is 28.0. The number of thiophene rings is 1. The molecule has 0 bridgehead atoms. The molecule has 7 nitrogen and oxygen atoms in total. The summed E-state index contributed by atoms with van der Waals surface area (Å²) in [6.45, 7) is 0.921. The van der Waals surface area contributed by atoms with Crippen LogP contribution < -0.4 is 11.1 Å². The first-order valence-corrected chi connectivity index (χ1v) is 10.9. The molecule has 0 radical (unpaired) electrons. The van der Waals surface area contributed by atoms with E-state index in [-0.39, 0.29) is 37.6 Å².